The van der Waals surface area contributed by atoms with Crippen LogP contribution in [0.15, 0.2) is 18.2 Å². The third-order valence-electron chi connectivity index (χ3n) is 3.16. The number of aliphatic hydroxyl groups is 2. The third kappa shape index (κ3) is 5.19. The van der Waals surface area contributed by atoms with Crippen LogP contribution in [0.5, 0.6) is 5.75 Å². The predicted molar refractivity (Wildman–Crippen MR) is 76.6 cm³/mol. The fourth-order valence-electron chi connectivity index (χ4n) is 2.08. The lowest BCUT2D eigenvalue weighted by molar-refractivity contribution is 0.0634. The van der Waals surface area contributed by atoms with E-state index in [9.17, 15) is 5.11 Å². The van der Waals surface area contributed by atoms with E-state index in [-0.39, 0.29) is 13.2 Å². The molecule has 1 atom stereocenters. The van der Waals surface area contributed by atoms with Gasteiger partial charge in [-0.05, 0) is 31.5 Å². The number of hydrogen-bond donors (Lipinski definition) is 2. The Morgan fingerprint density at radius 2 is 1.89 bits per heavy atom. The van der Waals surface area contributed by atoms with Gasteiger partial charge in [0.25, 0.3) is 0 Å². The number of ether oxygens (including phenoxy) is 1. The first kappa shape index (κ1) is 16.0. The van der Waals surface area contributed by atoms with E-state index in [2.05, 4.69) is 0 Å². The number of rotatable bonds is 8. The van der Waals surface area contributed by atoms with Crippen molar-refractivity contribution in [3.05, 3.63) is 29.3 Å². The van der Waals surface area contributed by atoms with Crippen molar-refractivity contribution in [2.45, 2.75) is 26.9 Å². The summed E-state index contributed by atoms with van der Waals surface area (Å²) in [5.41, 5.74) is 2.16. The summed E-state index contributed by atoms with van der Waals surface area (Å²) in [4.78, 5) is 2.00. The van der Waals surface area contributed by atoms with E-state index in [1.165, 1.54) is 0 Å². The number of benzene rings is 1. The second kappa shape index (κ2) is 8.15. The number of para-hydroxylation sites is 1. The zero-order valence-electron chi connectivity index (χ0n) is 12.1. The first-order valence-corrected chi connectivity index (χ1v) is 6.78. The largest absolute Gasteiger partial charge is 0.490 e. The van der Waals surface area contributed by atoms with Gasteiger partial charge in [0.05, 0.1) is 6.61 Å². The number of hydrogen-bond acceptors (Lipinski definition) is 4. The minimum atomic E-state index is -0.550. The second-order valence-electron chi connectivity index (χ2n) is 4.80. The second-order valence-corrected chi connectivity index (χ2v) is 4.80. The van der Waals surface area contributed by atoms with Crippen LogP contribution in [0.2, 0.25) is 0 Å². The summed E-state index contributed by atoms with van der Waals surface area (Å²) < 4.78 is 5.71. The van der Waals surface area contributed by atoms with Gasteiger partial charge >= 0.3 is 0 Å². The lowest BCUT2D eigenvalue weighted by atomic mass is 10.1. The Bertz CT molecular complexity index is 361. The van der Waals surface area contributed by atoms with Crippen LogP contribution in [0.4, 0.5) is 0 Å². The van der Waals surface area contributed by atoms with Gasteiger partial charge in [0.15, 0.2) is 0 Å². The zero-order chi connectivity index (χ0) is 14.3. The molecule has 1 rings (SSSR count). The minimum absolute atomic E-state index is 0.109. The van der Waals surface area contributed by atoms with Crippen LogP contribution < -0.4 is 4.74 Å². The van der Waals surface area contributed by atoms with Gasteiger partial charge in [0.1, 0.15) is 18.5 Å². The molecule has 1 aromatic rings. The van der Waals surface area contributed by atoms with Crippen LogP contribution in [0.3, 0.4) is 0 Å². The summed E-state index contributed by atoms with van der Waals surface area (Å²) in [6.45, 7) is 8.29. The molecule has 108 valence electrons. The number of likely N-dealkylation sites (N-methyl/N-ethyl adjacent to an activating group) is 1. The van der Waals surface area contributed by atoms with Gasteiger partial charge in [-0.3, -0.25) is 4.90 Å². The Morgan fingerprint density at radius 1 is 1.26 bits per heavy atom. The number of aliphatic hydroxyl groups excluding tert-OH is 2. The standard InChI is InChI=1S/C15H25NO3/c1-4-16(8-9-17)10-14(18)11-19-15-12(2)6-5-7-13(15)3/h5-7,14,17-18H,4,8-11H2,1-3H3. The van der Waals surface area contributed by atoms with E-state index in [0.717, 1.165) is 23.4 Å². The van der Waals surface area contributed by atoms with Crippen molar-refractivity contribution in [3.63, 3.8) is 0 Å². The maximum Gasteiger partial charge on any atom is 0.125 e. The number of nitrogens with zero attached hydrogens (tertiary/aromatic N) is 1. The minimum Gasteiger partial charge on any atom is -0.490 e. The van der Waals surface area contributed by atoms with Crippen molar-refractivity contribution in [1.82, 2.24) is 4.90 Å². The van der Waals surface area contributed by atoms with Gasteiger partial charge in [-0.1, -0.05) is 25.1 Å². The molecule has 4 heteroatoms. The van der Waals surface area contributed by atoms with Crippen molar-refractivity contribution in [2.24, 2.45) is 0 Å². The maximum absolute atomic E-state index is 9.97. The lowest BCUT2D eigenvalue weighted by Gasteiger charge is -2.23. The normalized spacial score (nSPS) is 12.7. The Kier molecular flexibility index (Phi) is 6.84. The topological polar surface area (TPSA) is 52.9 Å². The Labute approximate surface area is 115 Å². The van der Waals surface area contributed by atoms with Crippen LogP contribution >= 0.6 is 0 Å². The summed E-state index contributed by atoms with van der Waals surface area (Å²) >= 11 is 0. The van der Waals surface area contributed by atoms with Gasteiger partial charge in [-0.15, -0.1) is 0 Å². The molecule has 0 aliphatic rings. The fourth-order valence-corrected chi connectivity index (χ4v) is 2.08. The molecule has 0 radical (unpaired) electrons. The van der Waals surface area contributed by atoms with Gasteiger partial charge < -0.3 is 14.9 Å². The molecule has 0 aromatic heterocycles. The van der Waals surface area contributed by atoms with Crippen molar-refractivity contribution in [3.8, 4) is 5.75 Å². The molecule has 2 N–H and O–H groups in total. The first-order valence-electron chi connectivity index (χ1n) is 6.78. The summed E-state index contributed by atoms with van der Waals surface area (Å²) in [7, 11) is 0. The van der Waals surface area contributed by atoms with Crippen LogP contribution in [0, 0.1) is 13.8 Å². The van der Waals surface area contributed by atoms with E-state index in [1.54, 1.807) is 0 Å². The molecule has 0 bridgehead atoms. The fraction of sp³-hybridized carbons (Fsp3) is 0.600. The van der Waals surface area contributed by atoms with Crippen molar-refractivity contribution in [1.29, 1.82) is 0 Å². The van der Waals surface area contributed by atoms with Crippen LogP contribution in [0.1, 0.15) is 18.1 Å². The molecule has 0 aliphatic carbocycles. The molecule has 0 fully saturated rings. The average Bonchev–Trinajstić information content (AvgIpc) is 2.37. The van der Waals surface area contributed by atoms with Gasteiger partial charge in [0.2, 0.25) is 0 Å². The van der Waals surface area contributed by atoms with Crippen molar-refractivity contribution >= 4 is 0 Å². The highest BCUT2D eigenvalue weighted by Crippen LogP contribution is 2.22. The van der Waals surface area contributed by atoms with Gasteiger partial charge in [0, 0.05) is 13.1 Å². The SMILES string of the molecule is CCN(CCO)CC(O)COc1c(C)cccc1C. The van der Waals surface area contributed by atoms with Gasteiger partial charge in [-0.25, -0.2) is 0 Å². The molecule has 19 heavy (non-hydrogen) atoms. The third-order valence-corrected chi connectivity index (χ3v) is 3.16. The molecule has 0 amide bonds. The Balaban J connectivity index is 2.47. The summed E-state index contributed by atoms with van der Waals surface area (Å²) in [5.74, 6) is 0.853. The lowest BCUT2D eigenvalue weighted by Crippen LogP contribution is -2.37. The molecule has 1 unspecified atom stereocenters. The van der Waals surface area contributed by atoms with Crippen LogP contribution in [-0.4, -0.2) is 54.1 Å². The maximum atomic E-state index is 9.97. The predicted octanol–water partition coefficient (Wildman–Crippen LogP) is 1.36. The van der Waals surface area contributed by atoms with E-state index in [1.807, 2.05) is 43.9 Å². The summed E-state index contributed by atoms with van der Waals surface area (Å²) in [6, 6.07) is 5.99. The summed E-state index contributed by atoms with van der Waals surface area (Å²) in [5, 5.41) is 18.9. The summed E-state index contributed by atoms with van der Waals surface area (Å²) in [6.07, 6.45) is -0.550. The van der Waals surface area contributed by atoms with E-state index >= 15 is 0 Å². The molecule has 4 nitrogen and oxygen atoms in total. The van der Waals surface area contributed by atoms with Crippen LogP contribution in [0.25, 0.3) is 0 Å². The van der Waals surface area contributed by atoms with E-state index < -0.39 is 6.10 Å². The average molecular weight is 267 g/mol. The van der Waals surface area contributed by atoms with Crippen molar-refractivity contribution < 1.29 is 14.9 Å². The molecule has 0 heterocycles. The number of aryl methyl sites for hydroxylation is 2. The molecule has 0 aliphatic heterocycles. The Morgan fingerprint density at radius 3 is 2.42 bits per heavy atom. The Hall–Kier alpha value is -1.10. The molecular weight excluding hydrogens is 242 g/mol. The highest BCUT2D eigenvalue weighted by molar-refractivity contribution is 5.39. The van der Waals surface area contributed by atoms with Gasteiger partial charge in [-0.2, -0.15) is 0 Å². The molecule has 0 saturated heterocycles. The molecular formula is C15H25NO3. The highest BCUT2D eigenvalue weighted by atomic mass is 16.5. The molecule has 0 spiro atoms. The van der Waals surface area contributed by atoms with Crippen molar-refractivity contribution in [2.75, 3.05) is 32.8 Å². The zero-order valence-corrected chi connectivity index (χ0v) is 12.1. The van der Waals surface area contributed by atoms with E-state index in [0.29, 0.717) is 13.1 Å². The smallest absolute Gasteiger partial charge is 0.125 e. The highest BCUT2D eigenvalue weighted by Gasteiger charge is 2.12. The quantitative estimate of drug-likeness (QED) is 0.746. The first-order chi connectivity index (χ1) is 9.08. The monoisotopic (exact) mass is 267 g/mol. The molecule has 0 saturated carbocycles. The van der Waals surface area contributed by atoms with Crippen LogP contribution in [-0.2, 0) is 0 Å². The van der Waals surface area contributed by atoms with E-state index in [4.69, 9.17) is 9.84 Å². The molecule has 1 aromatic carbocycles.